The third-order valence-corrected chi connectivity index (χ3v) is 4.41. The number of hydrogen-bond acceptors (Lipinski definition) is 2. The van der Waals surface area contributed by atoms with Crippen LogP contribution in [0.2, 0.25) is 0 Å². The first-order valence-electron chi connectivity index (χ1n) is 5.49. The van der Waals surface area contributed by atoms with E-state index in [2.05, 4.69) is 6.58 Å². The first-order valence-corrected chi connectivity index (χ1v) is 7.14. The van der Waals surface area contributed by atoms with Gasteiger partial charge in [-0.3, -0.25) is 0 Å². The van der Waals surface area contributed by atoms with Crippen LogP contribution in [0.3, 0.4) is 0 Å². The van der Waals surface area contributed by atoms with E-state index >= 15 is 0 Å². The van der Waals surface area contributed by atoms with Gasteiger partial charge in [0, 0.05) is 0 Å². The maximum atomic E-state index is 12.7. The van der Waals surface area contributed by atoms with Gasteiger partial charge >= 0.3 is 0 Å². The van der Waals surface area contributed by atoms with Crippen molar-refractivity contribution in [2.45, 2.75) is 25.2 Å². The highest BCUT2D eigenvalue weighted by atomic mass is 32.2. The Morgan fingerprint density at radius 3 is 2.29 bits per heavy atom. The van der Waals surface area contributed by atoms with Gasteiger partial charge in [0.1, 0.15) is 5.82 Å². The third-order valence-electron chi connectivity index (χ3n) is 2.68. The Labute approximate surface area is 102 Å². The van der Waals surface area contributed by atoms with E-state index in [4.69, 9.17) is 0 Å². The fourth-order valence-electron chi connectivity index (χ4n) is 1.31. The molecule has 0 saturated heterocycles. The van der Waals surface area contributed by atoms with E-state index in [0.717, 1.165) is 17.7 Å². The van der Waals surface area contributed by atoms with Crippen molar-refractivity contribution in [3.8, 4) is 0 Å². The Morgan fingerprint density at radius 1 is 1.29 bits per heavy atom. The summed E-state index contributed by atoms with van der Waals surface area (Å²) in [5.41, 5.74) is 0.913. The van der Waals surface area contributed by atoms with Gasteiger partial charge in [-0.05, 0) is 36.6 Å². The lowest BCUT2D eigenvalue weighted by Gasteiger charge is -2.09. The minimum atomic E-state index is -3.33. The van der Waals surface area contributed by atoms with Crippen molar-refractivity contribution in [3.63, 3.8) is 0 Å². The van der Waals surface area contributed by atoms with Crippen LogP contribution in [0, 0.1) is 11.7 Å². The Bertz CT molecular complexity index is 487. The van der Waals surface area contributed by atoms with Crippen molar-refractivity contribution >= 4 is 9.84 Å². The standard InChI is InChI=1S/C13H17FO2S/c1-10(2)11(3)8-9-17(15,16)13-6-4-12(14)5-7-13/h4-7,10H,3,8-9H2,1-2H3. The van der Waals surface area contributed by atoms with Crippen LogP contribution in [-0.4, -0.2) is 14.2 Å². The summed E-state index contributed by atoms with van der Waals surface area (Å²) in [5, 5.41) is 0. The summed E-state index contributed by atoms with van der Waals surface area (Å²) in [6.45, 7) is 7.80. The molecule has 17 heavy (non-hydrogen) atoms. The van der Waals surface area contributed by atoms with Gasteiger partial charge in [0.15, 0.2) is 9.84 Å². The van der Waals surface area contributed by atoms with Crippen LogP contribution in [0.1, 0.15) is 20.3 Å². The molecule has 0 aliphatic heterocycles. The molecule has 4 heteroatoms. The van der Waals surface area contributed by atoms with E-state index in [0.29, 0.717) is 6.42 Å². The first-order chi connectivity index (χ1) is 7.83. The highest BCUT2D eigenvalue weighted by Gasteiger charge is 2.15. The quantitative estimate of drug-likeness (QED) is 0.599. The van der Waals surface area contributed by atoms with Crippen molar-refractivity contribution in [2.75, 3.05) is 5.75 Å². The molecule has 0 fully saturated rings. The molecule has 0 unspecified atom stereocenters. The molecule has 0 heterocycles. The van der Waals surface area contributed by atoms with Crippen molar-refractivity contribution in [1.29, 1.82) is 0 Å². The van der Waals surface area contributed by atoms with Crippen LogP contribution < -0.4 is 0 Å². The molecule has 0 amide bonds. The summed E-state index contributed by atoms with van der Waals surface area (Å²) >= 11 is 0. The zero-order valence-corrected chi connectivity index (χ0v) is 10.9. The Balaban J connectivity index is 2.76. The zero-order valence-electron chi connectivity index (χ0n) is 10.1. The van der Waals surface area contributed by atoms with Crippen molar-refractivity contribution in [2.24, 2.45) is 5.92 Å². The van der Waals surface area contributed by atoms with E-state index in [1.807, 2.05) is 13.8 Å². The van der Waals surface area contributed by atoms with Gasteiger partial charge in [-0.1, -0.05) is 26.0 Å². The van der Waals surface area contributed by atoms with Crippen LogP contribution >= 0.6 is 0 Å². The van der Waals surface area contributed by atoms with Crippen molar-refractivity contribution in [3.05, 3.63) is 42.2 Å². The Morgan fingerprint density at radius 2 is 1.82 bits per heavy atom. The first kappa shape index (κ1) is 13.9. The van der Waals surface area contributed by atoms with Crippen molar-refractivity contribution in [1.82, 2.24) is 0 Å². The van der Waals surface area contributed by atoms with Crippen LogP contribution in [0.15, 0.2) is 41.3 Å². The van der Waals surface area contributed by atoms with E-state index in [9.17, 15) is 12.8 Å². The van der Waals surface area contributed by atoms with Crippen LogP contribution in [0.5, 0.6) is 0 Å². The van der Waals surface area contributed by atoms with Gasteiger partial charge in [-0.25, -0.2) is 12.8 Å². The fourth-order valence-corrected chi connectivity index (χ4v) is 2.63. The number of halogens is 1. The molecule has 0 N–H and O–H groups in total. The third kappa shape index (κ3) is 3.97. The number of hydrogen-bond donors (Lipinski definition) is 0. The van der Waals surface area contributed by atoms with Crippen LogP contribution in [0.4, 0.5) is 4.39 Å². The number of rotatable bonds is 5. The molecule has 0 bridgehead atoms. The lowest BCUT2D eigenvalue weighted by molar-refractivity contribution is 0.592. The number of allylic oxidation sites excluding steroid dienone is 1. The zero-order chi connectivity index (χ0) is 13.1. The van der Waals surface area contributed by atoms with E-state index in [-0.39, 0.29) is 16.6 Å². The highest BCUT2D eigenvalue weighted by Crippen LogP contribution is 2.17. The maximum absolute atomic E-state index is 12.7. The molecule has 1 aromatic carbocycles. The summed E-state index contributed by atoms with van der Waals surface area (Å²) in [6, 6.07) is 4.90. The predicted molar refractivity (Wildman–Crippen MR) is 67.0 cm³/mol. The van der Waals surface area contributed by atoms with E-state index in [1.54, 1.807) is 0 Å². The molecule has 0 radical (unpaired) electrons. The van der Waals surface area contributed by atoms with Gasteiger partial charge < -0.3 is 0 Å². The molecular formula is C13H17FO2S. The van der Waals surface area contributed by atoms with Gasteiger partial charge in [0.25, 0.3) is 0 Å². The summed E-state index contributed by atoms with van der Waals surface area (Å²) in [7, 11) is -3.33. The summed E-state index contributed by atoms with van der Waals surface area (Å²) in [5.74, 6) is -0.135. The van der Waals surface area contributed by atoms with Gasteiger partial charge in [-0.15, -0.1) is 0 Å². The molecule has 2 nitrogen and oxygen atoms in total. The maximum Gasteiger partial charge on any atom is 0.178 e. The van der Waals surface area contributed by atoms with Crippen LogP contribution in [-0.2, 0) is 9.84 Å². The molecule has 0 atom stereocenters. The number of sulfone groups is 1. The highest BCUT2D eigenvalue weighted by molar-refractivity contribution is 7.91. The molecule has 0 saturated carbocycles. The molecule has 0 aliphatic carbocycles. The second-order valence-electron chi connectivity index (χ2n) is 4.34. The van der Waals surface area contributed by atoms with E-state index < -0.39 is 15.7 Å². The topological polar surface area (TPSA) is 34.1 Å². The lowest BCUT2D eigenvalue weighted by Crippen LogP contribution is -2.09. The summed E-state index contributed by atoms with van der Waals surface area (Å²) in [6.07, 6.45) is 0.442. The molecule has 0 spiro atoms. The van der Waals surface area contributed by atoms with Crippen molar-refractivity contribution < 1.29 is 12.8 Å². The molecule has 0 aromatic heterocycles. The largest absolute Gasteiger partial charge is 0.224 e. The summed E-state index contributed by atoms with van der Waals surface area (Å²) in [4.78, 5) is 0.162. The second kappa shape index (κ2) is 5.45. The Kier molecular flexibility index (Phi) is 4.46. The number of benzene rings is 1. The van der Waals surface area contributed by atoms with Gasteiger partial charge in [0.2, 0.25) is 0 Å². The van der Waals surface area contributed by atoms with Crippen LogP contribution in [0.25, 0.3) is 0 Å². The molecule has 94 valence electrons. The predicted octanol–water partition coefficient (Wildman–Crippen LogP) is 3.20. The monoisotopic (exact) mass is 256 g/mol. The average Bonchev–Trinajstić information content (AvgIpc) is 2.26. The molecule has 0 aliphatic rings. The minimum Gasteiger partial charge on any atom is -0.224 e. The van der Waals surface area contributed by atoms with Gasteiger partial charge in [-0.2, -0.15) is 0 Å². The van der Waals surface area contributed by atoms with Gasteiger partial charge in [0.05, 0.1) is 10.6 Å². The second-order valence-corrected chi connectivity index (χ2v) is 6.44. The molecule has 1 aromatic rings. The molecule has 1 rings (SSSR count). The normalized spacial score (nSPS) is 11.8. The SMILES string of the molecule is C=C(CCS(=O)(=O)c1ccc(F)cc1)C(C)C. The molecular weight excluding hydrogens is 239 g/mol. The summed E-state index contributed by atoms with van der Waals surface area (Å²) < 4.78 is 36.5. The average molecular weight is 256 g/mol. The lowest BCUT2D eigenvalue weighted by atomic mass is 10.0. The fraction of sp³-hybridized carbons (Fsp3) is 0.385. The smallest absolute Gasteiger partial charge is 0.178 e. The minimum absolute atomic E-state index is 0.0235. The Hall–Kier alpha value is -1.16. The van der Waals surface area contributed by atoms with E-state index in [1.165, 1.54) is 12.1 Å².